The molecule has 1 aliphatic carbocycles. The van der Waals surface area contributed by atoms with Gasteiger partial charge >= 0.3 is 0 Å². The van der Waals surface area contributed by atoms with Crippen LogP contribution in [0.3, 0.4) is 0 Å². The zero-order valence-corrected chi connectivity index (χ0v) is 21.5. The fraction of sp³-hybridized carbons (Fsp3) is 0.464. The second kappa shape index (κ2) is 12.6. The van der Waals surface area contributed by atoms with Gasteiger partial charge in [0.2, 0.25) is 0 Å². The number of rotatable bonds is 4. The van der Waals surface area contributed by atoms with Gasteiger partial charge in [-0.15, -0.1) is 0 Å². The summed E-state index contributed by atoms with van der Waals surface area (Å²) < 4.78 is 21.6. The first-order chi connectivity index (χ1) is 17.6. The molecule has 1 saturated carbocycles. The molecule has 2 fully saturated rings. The maximum absolute atomic E-state index is 14.5. The number of fused-ring (bicyclic) bond motifs is 1. The first-order valence-electron chi connectivity index (χ1n) is 12.9. The van der Waals surface area contributed by atoms with Crippen molar-refractivity contribution in [3.63, 3.8) is 0 Å². The normalized spacial score (nSPS) is 15.0. The quantitative estimate of drug-likeness (QED) is 0.339. The summed E-state index contributed by atoms with van der Waals surface area (Å²) in [7, 11) is 0. The van der Waals surface area contributed by atoms with E-state index in [9.17, 15) is 4.39 Å². The van der Waals surface area contributed by atoms with Gasteiger partial charge in [-0.1, -0.05) is 19.4 Å². The van der Waals surface area contributed by atoms with E-state index < -0.39 is 0 Å². The molecule has 0 N–H and O–H groups in total. The molecule has 36 heavy (non-hydrogen) atoms. The van der Waals surface area contributed by atoms with E-state index in [1.165, 1.54) is 38.4 Å². The van der Waals surface area contributed by atoms with Crippen molar-refractivity contribution in [3.05, 3.63) is 65.8 Å². The smallest absolute Gasteiger partial charge is 0.182 e. The molecule has 1 aromatic carbocycles. The minimum Gasteiger partial charge on any atom is -0.381 e. The zero-order valence-electron chi connectivity index (χ0n) is 21.5. The van der Waals surface area contributed by atoms with Gasteiger partial charge < -0.3 is 4.74 Å². The third kappa shape index (κ3) is 6.91. The summed E-state index contributed by atoms with van der Waals surface area (Å²) in [4.78, 5) is 17.3. The summed E-state index contributed by atoms with van der Waals surface area (Å²) in [6, 6.07) is 7.98. The Morgan fingerprint density at radius 1 is 1.03 bits per heavy atom. The molecule has 1 aliphatic heterocycles. The highest BCUT2D eigenvalue weighted by Crippen LogP contribution is 2.33. The Hall–Kier alpha value is -3.26. The molecule has 0 amide bonds. The van der Waals surface area contributed by atoms with Crippen molar-refractivity contribution < 1.29 is 9.13 Å². The van der Waals surface area contributed by atoms with Gasteiger partial charge in [-0.25, -0.2) is 24.3 Å². The Kier molecular flexibility index (Phi) is 9.06. The van der Waals surface area contributed by atoms with Gasteiger partial charge in [0.1, 0.15) is 23.4 Å². The molecular weight excluding hydrogens is 455 g/mol. The topological polar surface area (TPSA) is 78.6 Å². The Morgan fingerprint density at radius 2 is 1.81 bits per heavy atom. The third-order valence-electron chi connectivity index (χ3n) is 6.23. The highest BCUT2D eigenvalue weighted by Gasteiger charge is 2.23. The van der Waals surface area contributed by atoms with Crippen LogP contribution in [0.1, 0.15) is 68.4 Å². The lowest BCUT2D eigenvalue weighted by Gasteiger charge is -2.08. The molecule has 2 aliphatic rings. The van der Waals surface area contributed by atoms with E-state index in [1.54, 1.807) is 12.1 Å². The van der Waals surface area contributed by atoms with Gasteiger partial charge in [-0.05, 0) is 76.1 Å². The Bertz CT molecular complexity index is 1240. The molecule has 4 aromatic rings. The van der Waals surface area contributed by atoms with Crippen molar-refractivity contribution in [3.8, 4) is 11.3 Å². The molecule has 8 heteroatoms. The number of nitrogens with zero attached hydrogens (tertiary/aromatic N) is 6. The summed E-state index contributed by atoms with van der Waals surface area (Å²) >= 11 is 0. The highest BCUT2D eigenvalue weighted by molar-refractivity contribution is 5.86. The fourth-order valence-corrected chi connectivity index (χ4v) is 3.96. The van der Waals surface area contributed by atoms with E-state index in [-0.39, 0.29) is 5.82 Å². The lowest BCUT2D eigenvalue weighted by atomic mass is 10.0. The van der Waals surface area contributed by atoms with Crippen LogP contribution in [0, 0.1) is 19.7 Å². The van der Waals surface area contributed by atoms with E-state index in [1.807, 2.05) is 43.1 Å². The van der Waals surface area contributed by atoms with Crippen LogP contribution >= 0.6 is 0 Å². The van der Waals surface area contributed by atoms with Crippen molar-refractivity contribution in [1.29, 1.82) is 0 Å². The molecule has 0 atom stereocenters. The Balaban J connectivity index is 0.000000174. The number of benzene rings is 1. The number of aryl methyl sites for hydroxylation is 3. The maximum Gasteiger partial charge on any atom is 0.182 e. The predicted octanol–water partition coefficient (Wildman–Crippen LogP) is 6.20. The molecule has 190 valence electrons. The van der Waals surface area contributed by atoms with Gasteiger partial charge in [0.15, 0.2) is 5.65 Å². The van der Waals surface area contributed by atoms with Crippen molar-refractivity contribution in [2.75, 3.05) is 13.2 Å². The molecule has 6 rings (SSSR count). The van der Waals surface area contributed by atoms with E-state index in [0.29, 0.717) is 22.4 Å². The number of hydrogen-bond acceptors (Lipinski definition) is 6. The van der Waals surface area contributed by atoms with Crippen molar-refractivity contribution in [2.45, 2.75) is 71.8 Å². The van der Waals surface area contributed by atoms with E-state index in [2.05, 4.69) is 32.0 Å². The Labute approximate surface area is 212 Å². The van der Waals surface area contributed by atoms with Gasteiger partial charge in [0.25, 0.3) is 0 Å². The van der Waals surface area contributed by atoms with Gasteiger partial charge in [0.05, 0.1) is 17.4 Å². The number of halogens is 1. The van der Waals surface area contributed by atoms with E-state index >= 15 is 0 Å². The lowest BCUT2D eigenvalue weighted by Crippen LogP contribution is -2.03. The molecular formula is C28H35FN6O. The number of hydrogen-bond donors (Lipinski definition) is 0. The lowest BCUT2D eigenvalue weighted by molar-refractivity contribution is 0.0968. The van der Waals surface area contributed by atoms with Crippen molar-refractivity contribution in [1.82, 2.24) is 29.7 Å². The van der Waals surface area contributed by atoms with Crippen LogP contribution in [-0.4, -0.2) is 42.9 Å². The zero-order chi connectivity index (χ0) is 25.3. The average Bonchev–Trinajstić information content (AvgIpc) is 3.60. The molecule has 4 heterocycles. The number of ether oxygens (including phenoxy) is 1. The van der Waals surface area contributed by atoms with E-state index in [4.69, 9.17) is 4.74 Å². The summed E-state index contributed by atoms with van der Waals surface area (Å²) in [5.74, 6) is -0.286. The summed E-state index contributed by atoms with van der Waals surface area (Å²) in [6.07, 6.45) is 13.7. The Morgan fingerprint density at radius 3 is 2.39 bits per heavy atom. The molecule has 0 unspecified atom stereocenters. The van der Waals surface area contributed by atoms with Gasteiger partial charge in [0, 0.05) is 31.2 Å². The maximum atomic E-state index is 14.5. The van der Waals surface area contributed by atoms with Crippen LogP contribution in [0.4, 0.5) is 4.39 Å². The summed E-state index contributed by atoms with van der Waals surface area (Å²) in [5.41, 5.74) is 4.55. The molecule has 0 spiro atoms. The third-order valence-corrected chi connectivity index (χ3v) is 6.23. The molecule has 7 nitrogen and oxygen atoms in total. The molecule has 1 saturated heterocycles. The van der Waals surface area contributed by atoms with Crippen LogP contribution < -0.4 is 0 Å². The van der Waals surface area contributed by atoms with Crippen molar-refractivity contribution >= 4 is 11.2 Å². The molecule has 3 aromatic heterocycles. The molecule has 0 bridgehead atoms. The molecule has 0 radical (unpaired) electrons. The fourth-order valence-electron chi connectivity index (χ4n) is 3.96. The van der Waals surface area contributed by atoms with Crippen LogP contribution in [-0.2, 0) is 11.2 Å². The van der Waals surface area contributed by atoms with Gasteiger partial charge in [-0.2, -0.15) is 5.10 Å². The SMILES string of the molecule is C1CCOCC1.CCCc1ccc(-c2ncnc3nc(C)c(C)nc23)c(F)c1.c1cnn(C2CC2)c1. The second-order valence-corrected chi connectivity index (χ2v) is 9.24. The average molecular weight is 491 g/mol. The summed E-state index contributed by atoms with van der Waals surface area (Å²) in [6.45, 7) is 7.83. The first-order valence-corrected chi connectivity index (χ1v) is 12.9. The van der Waals surface area contributed by atoms with Crippen LogP contribution in [0.15, 0.2) is 43.0 Å². The minimum atomic E-state index is -0.286. The minimum absolute atomic E-state index is 0.286. The number of aromatic nitrogens is 6. The van der Waals surface area contributed by atoms with Gasteiger partial charge in [-0.3, -0.25) is 4.68 Å². The van der Waals surface area contributed by atoms with Crippen LogP contribution in [0.5, 0.6) is 0 Å². The largest absolute Gasteiger partial charge is 0.381 e. The first kappa shape index (κ1) is 25.8. The second-order valence-electron chi connectivity index (χ2n) is 9.24. The highest BCUT2D eigenvalue weighted by atomic mass is 19.1. The monoisotopic (exact) mass is 490 g/mol. The summed E-state index contributed by atoms with van der Waals surface area (Å²) in [5, 5.41) is 4.09. The standard InChI is InChI=1S/C17H17FN4.C6H8N2.C5H10O/c1-4-5-12-6-7-13(14(18)8-12)15-16-17(20-9-19-15)22-11(3)10(2)21-16;1-4-7-8(5-1)6-2-3-6;1-2-4-6-5-3-1/h6-9H,4-5H2,1-3H3;1,4-6H,2-3H2;1-5H2. The van der Waals surface area contributed by atoms with Crippen LogP contribution in [0.25, 0.3) is 22.4 Å². The predicted molar refractivity (Wildman–Crippen MR) is 139 cm³/mol. The van der Waals surface area contributed by atoms with E-state index in [0.717, 1.165) is 49.0 Å². The van der Waals surface area contributed by atoms with Crippen LogP contribution in [0.2, 0.25) is 0 Å². The van der Waals surface area contributed by atoms with Crippen molar-refractivity contribution in [2.24, 2.45) is 0 Å².